The topological polar surface area (TPSA) is 20.7 Å². The summed E-state index contributed by atoms with van der Waals surface area (Å²) in [4.78, 5) is 3.20. The summed E-state index contributed by atoms with van der Waals surface area (Å²) in [6, 6.07) is 15.2. The van der Waals surface area contributed by atoms with Crippen molar-refractivity contribution in [1.29, 1.82) is 0 Å². The van der Waals surface area contributed by atoms with Gasteiger partial charge in [-0.1, -0.05) is 35.3 Å². The zero-order chi connectivity index (χ0) is 14.1. The lowest BCUT2D eigenvalue weighted by molar-refractivity contribution is 1.03. The molecule has 0 fully saturated rings. The summed E-state index contributed by atoms with van der Waals surface area (Å²) in [5.41, 5.74) is 2.95. The van der Waals surface area contributed by atoms with Crippen molar-refractivity contribution in [2.45, 2.75) is 0 Å². The van der Waals surface area contributed by atoms with Gasteiger partial charge in [-0.15, -0.1) is 0 Å². The van der Waals surface area contributed by atoms with E-state index in [0.29, 0.717) is 14.8 Å². The Bertz CT molecular complexity index is 786. The number of hydrogen-bond acceptors (Lipinski definition) is 1. The van der Waals surface area contributed by atoms with Crippen molar-refractivity contribution >= 4 is 35.4 Å². The zero-order valence-electron chi connectivity index (χ0n) is 10.3. The highest BCUT2D eigenvalue weighted by molar-refractivity contribution is 7.71. The van der Waals surface area contributed by atoms with Crippen molar-refractivity contribution < 1.29 is 0 Å². The quantitative estimate of drug-likeness (QED) is 0.617. The average Bonchev–Trinajstić information content (AvgIpc) is 2.82. The minimum atomic E-state index is 0.636. The number of H-pyrrole nitrogens is 1. The Kier molecular flexibility index (Phi) is 3.66. The van der Waals surface area contributed by atoms with Crippen LogP contribution in [0.2, 0.25) is 10.0 Å². The Hall–Kier alpha value is -1.55. The number of halogens is 2. The van der Waals surface area contributed by atoms with Crippen LogP contribution in [0.5, 0.6) is 0 Å². The molecule has 0 saturated carbocycles. The first-order valence-electron chi connectivity index (χ1n) is 5.97. The van der Waals surface area contributed by atoms with E-state index in [1.165, 1.54) is 0 Å². The number of aromatic nitrogens is 2. The van der Waals surface area contributed by atoms with Gasteiger partial charge in [-0.25, -0.2) is 0 Å². The van der Waals surface area contributed by atoms with Crippen LogP contribution in [0, 0.1) is 4.77 Å². The number of nitrogens with zero attached hydrogens (tertiary/aromatic N) is 1. The zero-order valence-corrected chi connectivity index (χ0v) is 12.6. The third-order valence-corrected chi connectivity index (χ3v) is 3.78. The van der Waals surface area contributed by atoms with Crippen LogP contribution in [0.25, 0.3) is 16.9 Å². The molecule has 0 spiro atoms. The van der Waals surface area contributed by atoms with Crippen LogP contribution >= 0.6 is 35.4 Å². The Morgan fingerprint density at radius 1 is 0.850 bits per heavy atom. The summed E-state index contributed by atoms with van der Waals surface area (Å²) in [5.74, 6) is 0. The summed E-state index contributed by atoms with van der Waals surface area (Å²) < 4.78 is 2.55. The molecule has 0 aliphatic rings. The second-order valence-corrected chi connectivity index (χ2v) is 5.59. The van der Waals surface area contributed by atoms with Gasteiger partial charge in [-0.3, -0.25) is 4.57 Å². The first-order valence-corrected chi connectivity index (χ1v) is 7.13. The maximum Gasteiger partial charge on any atom is 0.182 e. The molecular formula is C15H10Cl2N2S. The SMILES string of the molecule is S=c1[nH]c(-c2ccc(Cl)cc2)cn1-c1ccc(Cl)cc1. The van der Waals surface area contributed by atoms with Crippen molar-refractivity contribution in [1.82, 2.24) is 9.55 Å². The highest BCUT2D eigenvalue weighted by Crippen LogP contribution is 2.22. The Balaban J connectivity index is 2.05. The van der Waals surface area contributed by atoms with Crippen LogP contribution in [-0.2, 0) is 0 Å². The Morgan fingerprint density at radius 2 is 1.40 bits per heavy atom. The Labute approximate surface area is 131 Å². The van der Waals surface area contributed by atoms with E-state index in [2.05, 4.69) is 4.98 Å². The molecule has 0 atom stereocenters. The van der Waals surface area contributed by atoms with E-state index in [9.17, 15) is 0 Å². The molecule has 1 N–H and O–H groups in total. The molecule has 0 amide bonds. The van der Waals surface area contributed by atoms with Gasteiger partial charge < -0.3 is 4.98 Å². The lowest BCUT2D eigenvalue weighted by atomic mass is 10.2. The predicted molar refractivity (Wildman–Crippen MR) is 86.4 cm³/mol. The van der Waals surface area contributed by atoms with Gasteiger partial charge in [0.1, 0.15) is 0 Å². The van der Waals surface area contributed by atoms with Crippen molar-refractivity contribution in [3.05, 3.63) is 69.5 Å². The monoisotopic (exact) mass is 320 g/mol. The summed E-state index contributed by atoms with van der Waals surface area (Å²) in [5, 5.41) is 1.42. The van der Waals surface area contributed by atoms with Gasteiger partial charge in [0.2, 0.25) is 0 Å². The van der Waals surface area contributed by atoms with Gasteiger partial charge in [-0.2, -0.15) is 0 Å². The molecule has 0 radical (unpaired) electrons. The van der Waals surface area contributed by atoms with Crippen LogP contribution in [0.1, 0.15) is 0 Å². The van der Waals surface area contributed by atoms with Crippen LogP contribution in [0.3, 0.4) is 0 Å². The van der Waals surface area contributed by atoms with E-state index in [0.717, 1.165) is 16.9 Å². The molecule has 5 heteroatoms. The van der Waals surface area contributed by atoms with Crippen LogP contribution in [0.4, 0.5) is 0 Å². The van der Waals surface area contributed by atoms with Gasteiger partial charge in [0.25, 0.3) is 0 Å². The maximum absolute atomic E-state index is 5.90. The number of hydrogen-bond donors (Lipinski definition) is 1. The van der Waals surface area contributed by atoms with E-state index in [1.54, 1.807) is 0 Å². The van der Waals surface area contributed by atoms with E-state index in [4.69, 9.17) is 35.4 Å². The van der Waals surface area contributed by atoms with E-state index in [1.807, 2.05) is 59.3 Å². The largest absolute Gasteiger partial charge is 0.330 e. The lowest BCUT2D eigenvalue weighted by Gasteiger charge is -2.01. The number of imidazole rings is 1. The van der Waals surface area contributed by atoms with Crippen molar-refractivity contribution in [2.75, 3.05) is 0 Å². The van der Waals surface area contributed by atoms with Crippen molar-refractivity contribution in [3.8, 4) is 16.9 Å². The fourth-order valence-corrected chi connectivity index (χ4v) is 2.49. The minimum absolute atomic E-state index is 0.636. The first kappa shape index (κ1) is 13.4. The molecule has 0 aliphatic heterocycles. The van der Waals surface area contributed by atoms with E-state index < -0.39 is 0 Å². The summed E-state index contributed by atoms with van der Waals surface area (Å²) in [6.07, 6.45) is 1.97. The van der Waals surface area contributed by atoms with Gasteiger partial charge in [0.05, 0.1) is 5.69 Å². The molecule has 100 valence electrons. The summed E-state index contributed by atoms with van der Waals surface area (Å²) in [6.45, 7) is 0. The van der Waals surface area contributed by atoms with Crippen LogP contribution < -0.4 is 0 Å². The Morgan fingerprint density at radius 3 is 2.00 bits per heavy atom. The van der Waals surface area contributed by atoms with Gasteiger partial charge >= 0.3 is 0 Å². The van der Waals surface area contributed by atoms with Gasteiger partial charge in [0.15, 0.2) is 4.77 Å². The highest BCUT2D eigenvalue weighted by Gasteiger charge is 2.05. The molecule has 1 heterocycles. The smallest absolute Gasteiger partial charge is 0.182 e. The third kappa shape index (κ3) is 2.66. The molecule has 3 rings (SSSR count). The minimum Gasteiger partial charge on any atom is -0.330 e. The molecule has 0 unspecified atom stereocenters. The molecule has 0 bridgehead atoms. The van der Waals surface area contributed by atoms with Gasteiger partial charge in [0, 0.05) is 21.9 Å². The molecule has 20 heavy (non-hydrogen) atoms. The van der Waals surface area contributed by atoms with E-state index >= 15 is 0 Å². The second-order valence-electron chi connectivity index (χ2n) is 4.33. The molecule has 2 aromatic carbocycles. The second kappa shape index (κ2) is 5.44. The summed E-state index contributed by atoms with van der Waals surface area (Å²) in [7, 11) is 0. The standard InChI is InChI=1S/C15H10Cl2N2S/c16-11-3-1-10(2-4-11)14-9-19(15(20)18-14)13-7-5-12(17)6-8-13/h1-9H,(H,18,20). The fourth-order valence-electron chi connectivity index (χ4n) is 1.97. The van der Waals surface area contributed by atoms with Crippen LogP contribution in [-0.4, -0.2) is 9.55 Å². The molecule has 0 saturated heterocycles. The lowest BCUT2D eigenvalue weighted by Crippen LogP contribution is -1.90. The highest BCUT2D eigenvalue weighted by atomic mass is 35.5. The normalized spacial score (nSPS) is 10.7. The molecule has 1 aromatic heterocycles. The average molecular weight is 321 g/mol. The number of rotatable bonds is 2. The van der Waals surface area contributed by atoms with Crippen LogP contribution in [0.15, 0.2) is 54.7 Å². The van der Waals surface area contributed by atoms with E-state index in [-0.39, 0.29) is 0 Å². The molecular weight excluding hydrogens is 311 g/mol. The predicted octanol–water partition coefficient (Wildman–Crippen LogP) is 5.51. The van der Waals surface area contributed by atoms with Crippen molar-refractivity contribution in [3.63, 3.8) is 0 Å². The molecule has 3 aromatic rings. The number of nitrogens with one attached hydrogen (secondary N) is 1. The fraction of sp³-hybridized carbons (Fsp3) is 0. The van der Waals surface area contributed by atoms with Crippen molar-refractivity contribution in [2.24, 2.45) is 0 Å². The molecule has 2 nitrogen and oxygen atoms in total. The first-order chi connectivity index (χ1) is 9.63. The maximum atomic E-state index is 5.90. The number of aromatic amines is 1. The summed E-state index contributed by atoms with van der Waals surface area (Å²) >= 11 is 17.2. The van der Waals surface area contributed by atoms with Gasteiger partial charge in [-0.05, 0) is 54.2 Å². The third-order valence-electron chi connectivity index (χ3n) is 2.98. The molecule has 0 aliphatic carbocycles. The number of benzene rings is 2.